The number of aromatic nitrogens is 1. The molecular formula is C25H29N3O2. The lowest BCUT2D eigenvalue weighted by atomic mass is 10.1. The molecule has 1 N–H and O–H groups in total. The van der Waals surface area contributed by atoms with Crippen LogP contribution in [0.25, 0.3) is 10.9 Å². The van der Waals surface area contributed by atoms with Gasteiger partial charge in [-0.25, -0.2) is 0 Å². The molecule has 2 heterocycles. The number of ketones is 1. The number of hydrogen-bond donors (Lipinski definition) is 1. The quantitative estimate of drug-likeness (QED) is 0.612. The summed E-state index contributed by atoms with van der Waals surface area (Å²) in [6.45, 7) is 5.40. The summed E-state index contributed by atoms with van der Waals surface area (Å²) in [5.41, 5.74) is 4.27. The second-order valence-corrected chi connectivity index (χ2v) is 8.00. The number of Topliss-reactive ketones (excluding diaryl/α,β-unsaturated/α-hetero) is 1. The first kappa shape index (κ1) is 20.4. The highest BCUT2D eigenvalue weighted by atomic mass is 16.2. The molecule has 1 aliphatic heterocycles. The summed E-state index contributed by atoms with van der Waals surface area (Å²) >= 11 is 0. The van der Waals surface area contributed by atoms with Crippen LogP contribution in [0.3, 0.4) is 0 Å². The Morgan fingerprint density at radius 3 is 2.37 bits per heavy atom. The Hall–Kier alpha value is -2.92. The van der Waals surface area contributed by atoms with E-state index in [2.05, 4.69) is 41.1 Å². The third-order valence-corrected chi connectivity index (χ3v) is 6.04. The lowest BCUT2D eigenvalue weighted by molar-refractivity contribution is -0.132. The van der Waals surface area contributed by atoms with Crippen LogP contribution in [0.1, 0.15) is 34.8 Å². The maximum atomic E-state index is 12.8. The van der Waals surface area contributed by atoms with Crippen molar-refractivity contribution in [3.63, 3.8) is 0 Å². The average molecular weight is 404 g/mol. The van der Waals surface area contributed by atoms with Crippen molar-refractivity contribution in [3.8, 4) is 0 Å². The van der Waals surface area contributed by atoms with E-state index >= 15 is 0 Å². The minimum Gasteiger partial charge on any atom is -0.360 e. The van der Waals surface area contributed by atoms with Crippen LogP contribution in [0.4, 0.5) is 0 Å². The largest absolute Gasteiger partial charge is 0.360 e. The zero-order valence-electron chi connectivity index (χ0n) is 17.6. The Labute approximate surface area is 177 Å². The van der Waals surface area contributed by atoms with E-state index in [-0.39, 0.29) is 11.7 Å². The van der Waals surface area contributed by atoms with Crippen molar-refractivity contribution >= 4 is 22.6 Å². The van der Waals surface area contributed by atoms with Crippen LogP contribution < -0.4 is 0 Å². The van der Waals surface area contributed by atoms with Gasteiger partial charge in [-0.2, -0.15) is 0 Å². The zero-order valence-corrected chi connectivity index (χ0v) is 17.6. The van der Waals surface area contributed by atoms with Crippen LogP contribution in [-0.4, -0.2) is 59.2 Å². The number of carbonyl (C=O) groups is 2. The van der Waals surface area contributed by atoms with E-state index in [1.54, 1.807) is 6.20 Å². The highest BCUT2D eigenvalue weighted by Gasteiger charge is 2.23. The number of H-pyrrole nitrogens is 1. The molecular weight excluding hydrogens is 374 g/mol. The minimum absolute atomic E-state index is 0.128. The lowest BCUT2D eigenvalue weighted by Crippen LogP contribution is -2.49. The minimum atomic E-state index is 0.128. The summed E-state index contributed by atoms with van der Waals surface area (Å²) in [6.07, 6.45) is 4.16. The molecule has 156 valence electrons. The molecule has 5 heteroatoms. The molecule has 3 aromatic rings. The Bertz CT molecular complexity index is 1010. The second kappa shape index (κ2) is 9.26. The fourth-order valence-electron chi connectivity index (χ4n) is 4.10. The van der Waals surface area contributed by atoms with Gasteiger partial charge >= 0.3 is 0 Å². The van der Waals surface area contributed by atoms with E-state index < -0.39 is 0 Å². The van der Waals surface area contributed by atoms with E-state index in [0.29, 0.717) is 26.1 Å². The van der Waals surface area contributed by atoms with Crippen molar-refractivity contribution in [1.82, 2.24) is 14.8 Å². The molecule has 4 rings (SSSR count). The van der Waals surface area contributed by atoms with Gasteiger partial charge in [0.15, 0.2) is 5.78 Å². The number of benzene rings is 2. The third kappa shape index (κ3) is 4.62. The normalized spacial score (nSPS) is 14.9. The predicted molar refractivity (Wildman–Crippen MR) is 120 cm³/mol. The maximum absolute atomic E-state index is 12.8. The fraction of sp³-hybridized carbons (Fsp3) is 0.360. The molecule has 0 aliphatic carbocycles. The van der Waals surface area contributed by atoms with Gasteiger partial charge in [-0.1, -0.05) is 49.4 Å². The van der Waals surface area contributed by atoms with Crippen LogP contribution in [0, 0.1) is 0 Å². The first-order valence-electron chi connectivity index (χ1n) is 10.8. The van der Waals surface area contributed by atoms with Crippen molar-refractivity contribution in [2.45, 2.75) is 26.2 Å². The number of para-hydroxylation sites is 1. The van der Waals surface area contributed by atoms with Crippen LogP contribution >= 0.6 is 0 Å². The van der Waals surface area contributed by atoms with Gasteiger partial charge < -0.3 is 9.88 Å². The first-order valence-corrected chi connectivity index (χ1v) is 10.8. The fourth-order valence-corrected chi connectivity index (χ4v) is 4.10. The van der Waals surface area contributed by atoms with Crippen molar-refractivity contribution in [3.05, 3.63) is 71.4 Å². The number of rotatable bonds is 7. The average Bonchev–Trinajstić information content (AvgIpc) is 3.23. The Morgan fingerprint density at radius 1 is 0.933 bits per heavy atom. The van der Waals surface area contributed by atoms with Gasteiger partial charge in [0.25, 0.3) is 0 Å². The van der Waals surface area contributed by atoms with Crippen molar-refractivity contribution < 1.29 is 9.59 Å². The van der Waals surface area contributed by atoms with Crippen molar-refractivity contribution in [2.75, 3.05) is 32.7 Å². The number of aromatic amines is 1. The van der Waals surface area contributed by atoms with Crippen LogP contribution in [0.5, 0.6) is 0 Å². The number of nitrogens with zero attached hydrogens (tertiary/aromatic N) is 2. The number of piperazine rings is 1. The molecule has 1 aromatic heterocycles. The number of carbonyl (C=O) groups excluding carboxylic acids is 2. The molecule has 2 aromatic carbocycles. The smallest absolute Gasteiger partial charge is 0.222 e. The van der Waals surface area contributed by atoms with Gasteiger partial charge in [-0.15, -0.1) is 0 Å². The van der Waals surface area contributed by atoms with Crippen LogP contribution in [-0.2, 0) is 17.6 Å². The molecule has 5 nitrogen and oxygen atoms in total. The summed E-state index contributed by atoms with van der Waals surface area (Å²) in [4.78, 5) is 32.6. The topological polar surface area (TPSA) is 56.4 Å². The summed E-state index contributed by atoms with van der Waals surface area (Å²) in [6, 6.07) is 16.4. The summed E-state index contributed by atoms with van der Waals surface area (Å²) in [7, 11) is 0. The monoisotopic (exact) mass is 403 g/mol. The summed E-state index contributed by atoms with van der Waals surface area (Å²) in [5, 5.41) is 0.975. The molecule has 1 amide bonds. The van der Waals surface area contributed by atoms with Crippen LogP contribution in [0.15, 0.2) is 54.7 Å². The first-order chi connectivity index (χ1) is 14.6. The zero-order chi connectivity index (χ0) is 20.9. The molecule has 30 heavy (non-hydrogen) atoms. The SMILES string of the molecule is CCc1ccc(CCC(=O)N2CCN(CC(=O)c3c[nH]c4ccccc34)CC2)cc1. The highest BCUT2D eigenvalue weighted by Crippen LogP contribution is 2.19. The maximum Gasteiger partial charge on any atom is 0.222 e. The number of hydrogen-bond acceptors (Lipinski definition) is 3. The highest BCUT2D eigenvalue weighted by molar-refractivity contribution is 6.08. The standard InChI is InChI=1S/C25H29N3O2/c1-2-19-7-9-20(10-8-19)11-12-25(30)28-15-13-27(14-16-28)18-24(29)22-17-26-23-6-4-3-5-21(22)23/h3-10,17,26H,2,11-16,18H2,1H3. The van der Waals surface area contributed by atoms with E-state index in [9.17, 15) is 9.59 Å². The Morgan fingerprint density at radius 2 is 1.63 bits per heavy atom. The van der Waals surface area contributed by atoms with Crippen molar-refractivity contribution in [1.29, 1.82) is 0 Å². The van der Waals surface area contributed by atoms with Gasteiger partial charge in [0.05, 0.1) is 6.54 Å². The van der Waals surface area contributed by atoms with Crippen molar-refractivity contribution in [2.24, 2.45) is 0 Å². The van der Waals surface area contributed by atoms with E-state index in [1.807, 2.05) is 29.2 Å². The predicted octanol–water partition coefficient (Wildman–Crippen LogP) is 3.69. The van der Waals surface area contributed by atoms with Gasteiger partial charge in [-0.3, -0.25) is 14.5 Å². The summed E-state index contributed by atoms with van der Waals surface area (Å²) in [5.74, 6) is 0.333. The third-order valence-electron chi connectivity index (χ3n) is 6.04. The van der Waals surface area contributed by atoms with E-state index in [4.69, 9.17) is 0 Å². The molecule has 1 aliphatic rings. The van der Waals surface area contributed by atoms with Gasteiger partial charge in [0.1, 0.15) is 0 Å². The van der Waals surface area contributed by atoms with Gasteiger partial charge in [0.2, 0.25) is 5.91 Å². The molecule has 0 bridgehead atoms. The molecule has 1 saturated heterocycles. The molecule has 0 radical (unpaired) electrons. The lowest BCUT2D eigenvalue weighted by Gasteiger charge is -2.34. The molecule has 0 atom stereocenters. The molecule has 0 spiro atoms. The van der Waals surface area contributed by atoms with E-state index in [1.165, 1.54) is 11.1 Å². The number of fused-ring (bicyclic) bond motifs is 1. The molecule has 1 fully saturated rings. The Balaban J connectivity index is 1.25. The van der Waals surface area contributed by atoms with Gasteiger partial charge in [-0.05, 0) is 30.0 Å². The van der Waals surface area contributed by atoms with Crippen LogP contribution in [0.2, 0.25) is 0 Å². The Kier molecular flexibility index (Phi) is 6.29. The molecule has 0 saturated carbocycles. The number of aryl methyl sites for hydroxylation is 2. The summed E-state index contributed by atoms with van der Waals surface area (Å²) < 4.78 is 0. The number of amides is 1. The molecule has 0 unspecified atom stereocenters. The number of nitrogens with one attached hydrogen (secondary N) is 1. The van der Waals surface area contributed by atoms with Gasteiger partial charge in [0, 0.05) is 55.3 Å². The van der Waals surface area contributed by atoms with E-state index in [0.717, 1.165) is 42.4 Å². The second-order valence-electron chi connectivity index (χ2n) is 8.00.